The van der Waals surface area contributed by atoms with E-state index in [0.717, 1.165) is 51.4 Å². The van der Waals surface area contributed by atoms with E-state index in [9.17, 15) is 24.0 Å². The van der Waals surface area contributed by atoms with Crippen LogP contribution in [0.15, 0.2) is 0 Å². The third-order valence-corrected chi connectivity index (χ3v) is 6.62. The molecular weight excluding hydrogens is 506 g/mol. The van der Waals surface area contributed by atoms with E-state index < -0.39 is 29.9 Å². The minimum absolute atomic E-state index is 0.0424. The maximum absolute atomic E-state index is 12.2. The Labute approximate surface area is 232 Å². The molecule has 0 bridgehead atoms. The molecule has 0 saturated heterocycles. The van der Waals surface area contributed by atoms with Gasteiger partial charge in [-0.25, -0.2) is 5.43 Å². The Morgan fingerprint density at radius 1 is 0.590 bits per heavy atom. The van der Waals surface area contributed by atoms with Crippen molar-refractivity contribution in [1.82, 2.24) is 16.1 Å². The summed E-state index contributed by atoms with van der Waals surface area (Å²) in [7, 11) is 0. The number of unbranched alkanes of at least 4 members (excludes halogenated alkanes) is 12. The summed E-state index contributed by atoms with van der Waals surface area (Å²) in [5.74, 6) is 2.24. The van der Waals surface area contributed by atoms with E-state index in [4.69, 9.17) is 21.8 Å². The average molecular weight is 558 g/mol. The maximum Gasteiger partial charge on any atom is 0.322 e. The van der Waals surface area contributed by atoms with Crippen LogP contribution in [-0.2, 0) is 24.0 Å². The van der Waals surface area contributed by atoms with Gasteiger partial charge in [0.15, 0.2) is 0 Å². The van der Waals surface area contributed by atoms with Crippen molar-refractivity contribution in [3.8, 4) is 0 Å². The Morgan fingerprint density at radius 2 is 1.10 bits per heavy atom. The second kappa shape index (κ2) is 24.3. The normalized spacial score (nSPS) is 12.4. The second-order valence-corrected chi connectivity index (χ2v) is 10.1. The molecule has 0 spiro atoms. The lowest BCUT2D eigenvalue weighted by molar-refractivity contribution is -0.140. The first-order chi connectivity index (χ1) is 18.7. The number of rotatable bonds is 27. The van der Waals surface area contributed by atoms with Crippen molar-refractivity contribution in [2.45, 2.75) is 134 Å². The highest BCUT2D eigenvalue weighted by Gasteiger charge is 2.19. The summed E-state index contributed by atoms with van der Waals surface area (Å²) in [6.07, 6.45) is 14.9. The quantitative estimate of drug-likeness (QED) is 0.0448. The van der Waals surface area contributed by atoms with Crippen molar-refractivity contribution in [2.75, 3.05) is 6.54 Å². The maximum atomic E-state index is 12.2. The molecule has 0 saturated carbocycles. The van der Waals surface area contributed by atoms with Crippen molar-refractivity contribution < 1.29 is 34.2 Å². The number of hydrogen-bond acceptors (Lipinski definition) is 7. The number of amides is 3. The minimum atomic E-state index is -1.02. The van der Waals surface area contributed by atoms with E-state index >= 15 is 0 Å². The van der Waals surface area contributed by atoms with Gasteiger partial charge in [-0.3, -0.25) is 29.8 Å². The molecular formula is C27H51N5O7. The molecule has 0 aromatic rings. The third kappa shape index (κ3) is 22.9. The SMILES string of the molecule is NN[C@@H](CCCCNC(=O)CCC(NC(=O)CCCCCCCCCCCCCCC(=O)O)C(N)=O)C(=O)O. The first kappa shape index (κ1) is 36.3. The van der Waals surface area contributed by atoms with E-state index in [1.54, 1.807) is 0 Å². The van der Waals surface area contributed by atoms with Gasteiger partial charge >= 0.3 is 11.9 Å². The average Bonchev–Trinajstić information content (AvgIpc) is 2.88. The highest BCUT2D eigenvalue weighted by molar-refractivity contribution is 5.87. The zero-order chi connectivity index (χ0) is 29.3. The van der Waals surface area contributed by atoms with Crippen LogP contribution in [0.2, 0.25) is 0 Å². The molecule has 9 N–H and O–H groups in total. The number of aliphatic carboxylic acids is 2. The molecule has 0 aliphatic heterocycles. The van der Waals surface area contributed by atoms with Gasteiger partial charge in [-0.1, -0.05) is 64.2 Å². The molecule has 39 heavy (non-hydrogen) atoms. The molecule has 12 nitrogen and oxygen atoms in total. The first-order valence-corrected chi connectivity index (χ1v) is 14.4. The molecule has 2 atom stereocenters. The van der Waals surface area contributed by atoms with Crippen LogP contribution in [0.3, 0.4) is 0 Å². The Hall–Kier alpha value is -2.73. The highest BCUT2D eigenvalue weighted by atomic mass is 16.4. The topological polar surface area (TPSA) is 214 Å². The van der Waals surface area contributed by atoms with Gasteiger partial charge in [0.25, 0.3) is 0 Å². The second-order valence-electron chi connectivity index (χ2n) is 10.1. The van der Waals surface area contributed by atoms with Gasteiger partial charge in [-0.2, -0.15) is 0 Å². The summed E-state index contributed by atoms with van der Waals surface area (Å²) >= 11 is 0. The Balaban J connectivity index is 3.78. The van der Waals surface area contributed by atoms with Crippen LogP contribution in [0, 0.1) is 0 Å². The number of carboxylic acids is 2. The number of carboxylic acid groups (broad SMARTS) is 2. The summed E-state index contributed by atoms with van der Waals surface area (Å²) in [5, 5.41) is 22.9. The van der Waals surface area contributed by atoms with Crippen molar-refractivity contribution in [1.29, 1.82) is 0 Å². The number of carbonyl (C=O) groups excluding carboxylic acids is 3. The highest BCUT2D eigenvalue weighted by Crippen LogP contribution is 2.13. The predicted octanol–water partition coefficient (Wildman–Crippen LogP) is 2.49. The van der Waals surface area contributed by atoms with Crippen molar-refractivity contribution in [2.24, 2.45) is 11.6 Å². The van der Waals surface area contributed by atoms with Gasteiger partial charge in [-0.15, -0.1) is 0 Å². The summed E-state index contributed by atoms with van der Waals surface area (Å²) in [5.41, 5.74) is 7.61. The van der Waals surface area contributed by atoms with Crippen LogP contribution in [0.4, 0.5) is 0 Å². The molecule has 1 unspecified atom stereocenters. The van der Waals surface area contributed by atoms with Crippen molar-refractivity contribution >= 4 is 29.7 Å². The smallest absolute Gasteiger partial charge is 0.322 e. The van der Waals surface area contributed by atoms with Crippen LogP contribution in [-0.4, -0.2) is 58.5 Å². The van der Waals surface area contributed by atoms with Gasteiger partial charge in [0.05, 0.1) is 0 Å². The van der Waals surface area contributed by atoms with Crippen LogP contribution < -0.4 is 27.6 Å². The number of carbonyl (C=O) groups is 5. The molecule has 226 valence electrons. The predicted molar refractivity (Wildman–Crippen MR) is 148 cm³/mol. The fourth-order valence-corrected chi connectivity index (χ4v) is 4.22. The first-order valence-electron chi connectivity index (χ1n) is 14.4. The lowest BCUT2D eigenvalue weighted by Gasteiger charge is -2.15. The molecule has 0 aliphatic rings. The van der Waals surface area contributed by atoms with E-state index in [1.807, 2.05) is 0 Å². The van der Waals surface area contributed by atoms with Crippen LogP contribution in [0.25, 0.3) is 0 Å². The minimum Gasteiger partial charge on any atom is -0.481 e. The van der Waals surface area contributed by atoms with Gasteiger partial charge in [0.2, 0.25) is 17.7 Å². The molecule has 0 radical (unpaired) electrons. The third-order valence-electron chi connectivity index (χ3n) is 6.62. The lowest BCUT2D eigenvalue weighted by atomic mass is 10.0. The monoisotopic (exact) mass is 557 g/mol. The van der Waals surface area contributed by atoms with Gasteiger partial charge in [0, 0.05) is 25.8 Å². The van der Waals surface area contributed by atoms with Crippen LogP contribution >= 0.6 is 0 Å². The van der Waals surface area contributed by atoms with Crippen molar-refractivity contribution in [3.05, 3.63) is 0 Å². The summed E-state index contributed by atoms with van der Waals surface area (Å²) in [6, 6.07) is -1.72. The van der Waals surface area contributed by atoms with Crippen LogP contribution in [0.1, 0.15) is 122 Å². The van der Waals surface area contributed by atoms with Crippen molar-refractivity contribution in [3.63, 3.8) is 0 Å². The van der Waals surface area contributed by atoms with Gasteiger partial charge in [-0.05, 0) is 38.5 Å². The summed E-state index contributed by atoms with van der Waals surface area (Å²) < 4.78 is 0. The largest absolute Gasteiger partial charge is 0.481 e. The molecule has 0 heterocycles. The van der Waals surface area contributed by atoms with E-state index in [2.05, 4.69) is 16.1 Å². The standard InChI is InChI=1S/C27H51N5O7/c28-26(37)21(18-19-23(33)30-20-14-13-15-22(32-29)27(38)39)31-24(34)16-11-9-7-5-3-1-2-4-6-8-10-12-17-25(35)36/h21-22,32H,1-20,29H2,(H2,28,37)(H,30,33)(H,31,34)(H,35,36)(H,38,39)/t21?,22-/m0/s1. The number of nitrogens with two attached hydrogens (primary N) is 2. The number of hydrazine groups is 1. The lowest BCUT2D eigenvalue weighted by Crippen LogP contribution is -2.45. The summed E-state index contributed by atoms with van der Waals surface area (Å²) in [6.45, 7) is 0.375. The number of nitrogens with one attached hydrogen (secondary N) is 3. The molecule has 0 aliphatic carbocycles. The Kier molecular flexibility index (Phi) is 22.6. The van der Waals surface area contributed by atoms with Gasteiger partial charge < -0.3 is 26.6 Å². The zero-order valence-electron chi connectivity index (χ0n) is 23.4. The molecule has 0 aromatic heterocycles. The fraction of sp³-hybridized carbons (Fsp3) is 0.815. The molecule has 0 aromatic carbocycles. The fourth-order valence-electron chi connectivity index (χ4n) is 4.22. The molecule has 0 fully saturated rings. The number of hydrogen-bond donors (Lipinski definition) is 7. The Bertz CT molecular complexity index is 721. The zero-order valence-corrected chi connectivity index (χ0v) is 23.4. The van der Waals surface area contributed by atoms with E-state index in [1.165, 1.54) is 25.7 Å². The molecule has 12 heteroatoms. The van der Waals surface area contributed by atoms with Crippen LogP contribution in [0.5, 0.6) is 0 Å². The van der Waals surface area contributed by atoms with Gasteiger partial charge in [0.1, 0.15) is 12.1 Å². The molecule has 3 amide bonds. The number of primary amides is 1. The molecule has 0 rings (SSSR count). The van der Waals surface area contributed by atoms with E-state index in [-0.39, 0.29) is 31.1 Å². The van der Waals surface area contributed by atoms with E-state index in [0.29, 0.717) is 32.2 Å². The summed E-state index contributed by atoms with van der Waals surface area (Å²) in [4.78, 5) is 57.3. The Morgan fingerprint density at radius 3 is 1.56 bits per heavy atom.